The lowest BCUT2D eigenvalue weighted by Gasteiger charge is -2.24. The van der Waals surface area contributed by atoms with Crippen LogP contribution in [0.4, 0.5) is 22.7 Å². The maximum Gasteiger partial charge on any atom is 0.303 e. The highest BCUT2D eigenvalue weighted by atomic mass is 32.2. The van der Waals surface area contributed by atoms with Crippen molar-refractivity contribution in [3.8, 4) is 0 Å². The predicted molar refractivity (Wildman–Crippen MR) is 136 cm³/mol. The van der Waals surface area contributed by atoms with Crippen LogP contribution in [0.15, 0.2) is 47.4 Å². The monoisotopic (exact) mass is 507 g/mol. The molecule has 2 rings (SSSR count). The molecule has 35 heavy (non-hydrogen) atoms. The molecule has 0 aliphatic carbocycles. The molecule has 1 amide bonds. The second-order valence-electron chi connectivity index (χ2n) is 7.80. The van der Waals surface area contributed by atoms with E-state index in [1.54, 1.807) is 51.5 Å². The fourth-order valence-corrected chi connectivity index (χ4v) is 5.17. The van der Waals surface area contributed by atoms with Gasteiger partial charge in [0.05, 0.1) is 17.1 Å². The van der Waals surface area contributed by atoms with E-state index in [0.29, 0.717) is 41.4 Å². The first kappa shape index (κ1) is 27.9. The van der Waals surface area contributed by atoms with Crippen LogP contribution in [0.2, 0.25) is 0 Å². The number of rotatable bonds is 14. The van der Waals surface area contributed by atoms with Crippen LogP contribution in [-0.4, -0.2) is 57.8 Å². The van der Waals surface area contributed by atoms with Crippen LogP contribution in [0, 0.1) is 0 Å². The summed E-state index contributed by atoms with van der Waals surface area (Å²) in [5, 5.41) is 28.5. The van der Waals surface area contributed by atoms with E-state index in [4.69, 9.17) is 5.11 Å². The van der Waals surface area contributed by atoms with E-state index in [-0.39, 0.29) is 23.4 Å². The molecule has 0 aliphatic heterocycles. The number of hydrogen-bond acceptors (Lipinski definition) is 8. The van der Waals surface area contributed by atoms with Gasteiger partial charge in [0.15, 0.2) is 0 Å². The van der Waals surface area contributed by atoms with Crippen LogP contribution >= 0.6 is 0 Å². The van der Waals surface area contributed by atoms with Crippen molar-refractivity contribution in [2.75, 3.05) is 42.2 Å². The summed E-state index contributed by atoms with van der Waals surface area (Å²) in [4.78, 5) is 23.8. The van der Waals surface area contributed by atoms with Crippen LogP contribution < -0.4 is 25.7 Å². The third kappa shape index (κ3) is 7.57. The van der Waals surface area contributed by atoms with Crippen molar-refractivity contribution in [1.29, 1.82) is 0 Å². The smallest absolute Gasteiger partial charge is 0.303 e. The minimum atomic E-state index is -4.24. The molecule has 192 valence electrons. The summed E-state index contributed by atoms with van der Waals surface area (Å²) in [5.74, 6) is -1.77. The Hall–Kier alpha value is -3.35. The van der Waals surface area contributed by atoms with Gasteiger partial charge in [-0.1, -0.05) is 31.0 Å². The number of carboxylic acid groups (broad SMARTS) is 1. The number of carboxylic acids is 1. The number of anilines is 4. The zero-order valence-electron chi connectivity index (χ0n) is 20.0. The highest BCUT2D eigenvalue weighted by Crippen LogP contribution is 2.33. The van der Waals surface area contributed by atoms with Gasteiger partial charge in [0.2, 0.25) is 10.0 Å². The van der Waals surface area contributed by atoms with Crippen molar-refractivity contribution >= 4 is 44.6 Å². The molecule has 6 N–H and O–H groups in total. The molecule has 0 aromatic heterocycles. The Bertz CT molecular complexity index is 1090. The number of aliphatic carboxylic acids is 1. The van der Waals surface area contributed by atoms with E-state index in [1.807, 2.05) is 0 Å². The molecule has 1 atom stereocenters. The lowest BCUT2D eigenvalue weighted by atomic mass is 10.1. The van der Waals surface area contributed by atoms with Gasteiger partial charge in [-0.05, 0) is 37.1 Å². The SMILES string of the molecule is CNc1cc(NC)c(S(=O)(=O)N[C@@H](CCCCCC(=O)O)C(=O)N(O)c2ccccc2)c(NC)c1. The van der Waals surface area contributed by atoms with Crippen molar-refractivity contribution in [3.63, 3.8) is 0 Å². The molecule has 2 aromatic carbocycles. The maximum atomic E-state index is 13.5. The summed E-state index contributed by atoms with van der Waals surface area (Å²) in [6.45, 7) is 0. The summed E-state index contributed by atoms with van der Waals surface area (Å²) in [7, 11) is 0.638. The van der Waals surface area contributed by atoms with Gasteiger partial charge in [-0.25, -0.2) is 8.42 Å². The van der Waals surface area contributed by atoms with Crippen LogP contribution in [0.25, 0.3) is 0 Å². The number of hydroxylamine groups is 1. The summed E-state index contributed by atoms with van der Waals surface area (Å²) < 4.78 is 29.5. The molecule has 12 heteroatoms. The Kier molecular flexibility index (Phi) is 10.3. The Morgan fingerprint density at radius 1 is 0.943 bits per heavy atom. The molecular formula is C23H33N5O6S. The molecule has 11 nitrogen and oxygen atoms in total. The number of sulfonamides is 1. The highest BCUT2D eigenvalue weighted by molar-refractivity contribution is 7.89. The normalized spacial score (nSPS) is 12.0. The summed E-state index contributed by atoms with van der Waals surface area (Å²) in [5.41, 5.74) is 1.49. The molecule has 0 saturated heterocycles. The Morgan fingerprint density at radius 2 is 1.54 bits per heavy atom. The fourth-order valence-electron chi connectivity index (χ4n) is 3.56. The fraction of sp³-hybridized carbons (Fsp3) is 0.391. The Balaban J connectivity index is 2.37. The van der Waals surface area contributed by atoms with Crippen LogP contribution in [0.3, 0.4) is 0 Å². The molecule has 0 radical (unpaired) electrons. The highest BCUT2D eigenvalue weighted by Gasteiger charge is 2.32. The molecule has 0 aliphatic rings. The summed E-state index contributed by atoms with van der Waals surface area (Å²) in [6.07, 6.45) is 1.30. The number of nitrogens with one attached hydrogen (secondary N) is 4. The van der Waals surface area contributed by atoms with Crippen LogP contribution in [-0.2, 0) is 19.6 Å². The molecule has 0 saturated carbocycles. The molecular weight excluding hydrogens is 474 g/mol. The lowest BCUT2D eigenvalue weighted by Crippen LogP contribution is -2.47. The van der Waals surface area contributed by atoms with Gasteiger partial charge in [0.25, 0.3) is 5.91 Å². The third-order valence-electron chi connectivity index (χ3n) is 5.37. The number of carbonyl (C=O) groups is 2. The van der Waals surface area contributed by atoms with Gasteiger partial charge in [-0.15, -0.1) is 0 Å². The molecule has 2 aromatic rings. The van der Waals surface area contributed by atoms with Gasteiger partial charge in [0.1, 0.15) is 10.9 Å². The lowest BCUT2D eigenvalue weighted by molar-refractivity contribution is -0.137. The molecule has 0 fully saturated rings. The first-order valence-corrected chi connectivity index (χ1v) is 12.7. The minimum absolute atomic E-state index is 0.0185. The van der Waals surface area contributed by atoms with Crippen molar-refractivity contribution in [2.45, 2.75) is 43.0 Å². The molecule has 0 heterocycles. The number of amides is 1. The average Bonchev–Trinajstić information content (AvgIpc) is 2.86. The topological polar surface area (TPSA) is 160 Å². The van der Waals surface area contributed by atoms with Gasteiger partial charge in [0, 0.05) is 33.3 Å². The maximum absolute atomic E-state index is 13.5. The van der Waals surface area contributed by atoms with Crippen LogP contribution in [0.1, 0.15) is 32.1 Å². The Labute approximate surface area is 205 Å². The minimum Gasteiger partial charge on any atom is -0.481 e. The number of benzene rings is 2. The van der Waals surface area contributed by atoms with Crippen molar-refractivity contribution in [3.05, 3.63) is 42.5 Å². The molecule has 0 spiro atoms. The van der Waals surface area contributed by atoms with E-state index >= 15 is 0 Å². The molecule has 0 unspecified atom stereocenters. The Morgan fingerprint density at radius 3 is 2.06 bits per heavy atom. The zero-order chi connectivity index (χ0) is 26.0. The van der Waals surface area contributed by atoms with Gasteiger partial charge in [-0.3, -0.25) is 14.8 Å². The standard InChI is InChI=1S/C23H33N5O6S/c1-24-16-14-19(25-2)22(20(15-16)26-3)35(33,34)27-18(12-8-5-9-13-21(29)30)23(31)28(32)17-10-6-4-7-11-17/h4,6-7,10-11,14-15,18,24-27,32H,5,8-9,12-13H2,1-3H3,(H,29,30)/t18-/m0/s1. The van der Waals surface area contributed by atoms with E-state index in [1.165, 1.54) is 12.1 Å². The third-order valence-corrected chi connectivity index (χ3v) is 6.95. The first-order chi connectivity index (χ1) is 16.6. The number of unbranched alkanes of at least 4 members (excludes halogenated alkanes) is 2. The van der Waals surface area contributed by atoms with Gasteiger partial charge >= 0.3 is 5.97 Å². The van der Waals surface area contributed by atoms with E-state index in [0.717, 1.165) is 0 Å². The number of nitrogens with zero attached hydrogens (tertiary/aromatic N) is 1. The second-order valence-corrected chi connectivity index (χ2v) is 9.45. The van der Waals surface area contributed by atoms with E-state index < -0.39 is 27.9 Å². The number of para-hydroxylation sites is 1. The number of carbonyl (C=O) groups excluding carboxylic acids is 1. The zero-order valence-corrected chi connectivity index (χ0v) is 20.9. The van der Waals surface area contributed by atoms with Crippen LogP contribution in [0.5, 0.6) is 0 Å². The van der Waals surface area contributed by atoms with E-state index in [2.05, 4.69) is 20.7 Å². The number of hydrogen-bond donors (Lipinski definition) is 6. The largest absolute Gasteiger partial charge is 0.481 e. The quantitative estimate of drug-likeness (QED) is 0.128. The van der Waals surface area contributed by atoms with Crippen molar-refractivity contribution in [1.82, 2.24) is 4.72 Å². The first-order valence-electron chi connectivity index (χ1n) is 11.2. The second kappa shape index (κ2) is 12.9. The summed E-state index contributed by atoms with van der Waals surface area (Å²) >= 11 is 0. The van der Waals surface area contributed by atoms with Crippen molar-refractivity contribution in [2.24, 2.45) is 0 Å². The predicted octanol–water partition coefficient (Wildman–Crippen LogP) is 2.92. The van der Waals surface area contributed by atoms with Crippen molar-refractivity contribution < 1.29 is 28.3 Å². The van der Waals surface area contributed by atoms with Gasteiger partial charge in [-0.2, -0.15) is 9.79 Å². The summed E-state index contributed by atoms with van der Waals surface area (Å²) in [6, 6.07) is 10.00. The molecule has 0 bridgehead atoms. The average molecular weight is 508 g/mol. The van der Waals surface area contributed by atoms with E-state index in [9.17, 15) is 23.2 Å². The van der Waals surface area contributed by atoms with Gasteiger partial charge < -0.3 is 21.1 Å².